The molecule has 0 saturated heterocycles. The molecule has 0 bridgehead atoms. The largest absolute Gasteiger partial charge is 0.392 e. The summed E-state index contributed by atoms with van der Waals surface area (Å²) in [6.45, 7) is 6.44. The lowest BCUT2D eigenvalue weighted by atomic mass is 9.81. The second kappa shape index (κ2) is 2.54. The van der Waals surface area contributed by atoms with Gasteiger partial charge in [0.25, 0.3) is 0 Å². The van der Waals surface area contributed by atoms with Crippen LogP contribution in [-0.4, -0.2) is 11.2 Å². The zero-order valence-corrected chi connectivity index (χ0v) is 7.22. The summed E-state index contributed by atoms with van der Waals surface area (Å²) in [5, 5.41) is 9.72. The van der Waals surface area contributed by atoms with Crippen LogP contribution in [0.3, 0.4) is 0 Å². The Morgan fingerprint density at radius 1 is 1.50 bits per heavy atom. The molecule has 0 spiro atoms. The predicted octanol–water partition coefficient (Wildman–Crippen LogP) is 2.19. The molecule has 60 valence electrons. The SMILES string of the molecule is CCC(C)(C)C(O)C1CC1. The summed E-state index contributed by atoms with van der Waals surface area (Å²) in [5.74, 6) is 0.620. The van der Waals surface area contributed by atoms with E-state index in [0.29, 0.717) is 5.92 Å². The van der Waals surface area contributed by atoms with E-state index in [1.807, 2.05) is 0 Å². The van der Waals surface area contributed by atoms with E-state index in [1.54, 1.807) is 0 Å². The molecule has 0 aromatic heterocycles. The standard InChI is InChI=1S/C9H18O/c1-4-9(2,3)8(10)7-5-6-7/h7-8,10H,4-6H2,1-3H3. The number of aliphatic hydroxyl groups is 1. The monoisotopic (exact) mass is 142 g/mol. The van der Waals surface area contributed by atoms with Crippen LogP contribution in [0.15, 0.2) is 0 Å². The molecule has 0 aromatic carbocycles. The van der Waals surface area contributed by atoms with Gasteiger partial charge in [0.1, 0.15) is 0 Å². The molecule has 1 saturated carbocycles. The smallest absolute Gasteiger partial charge is 0.0619 e. The molecule has 0 radical (unpaired) electrons. The fourth-order valence-electron chi connectivity index (χ4n) is 1.26. The third-order valence-electron chi connectivity index (χ3n) is 2.78. The van der Waals surface area contributed by atoms with Gasteiger partial charge in [-0.1, -0.05) is 20.8 Å². The topological polar surface area (TPSA) is 20.2 Å². The first-order valence-electron chi connectivity index (χ1n) is 4.26. The molecule has 1 rings (SSSR count). The first-order chi connectivity index (χ1) is 4.58. The van der Waals surface area contributed by atoms with Crippen molar-refractivity contribution in [2.75, 3.05) is 0 Å². The molecule has 1 nitrogen and oxygen atoms in total. The highest BCUT2D eigenvalue weighted by Crippen LogP contribution is 2.41. The molecule has 0 aromatic rings. The molecule has 1 heteroatoms. The Morgan fingerprint density at radius 2 is 2.00 bits per heavy atom. The second-order valence-electron chi connectivity index (χ2n) is 4.12. The van der Waals surface area contributed by atoms with Crippen LogP contribution in [0.1, 0.15) is 40.0 Å². The number of aliphatic hydroxyl groups excluding tert-OH is 1. The molecule has 0 heterocycles. The van der Waals surface area contributed by atoms with Crippen molar-refractivity contribution < 1.29 is 5.11 Å². The maximum Gasteiger partial charge on any atom is 0.0619 e. The van der Waals surface area contributed by atoms with Crippen molar-refractivity contribution >= 4 is 0 Å². The number of hydrogen-bond donors (Lipinski definition) is 1. The van der Waals surface area contributed by atoms with Gasteiger partial charge in [-0.2, -0.15) is 0 Å². The first-order valence-corrected chi connectivity index (χ1v) is 4.26. The zero-order chi connectivity index (χ0) is 7.78. The highest BCUT2D eigenvalue weighted by Gasteiger charge is 2.38. The maximum absolute atomic E-state index is 9.72. The van der Waals surface area contributed by atoms with E-state index in [9.17, 15) is 5.11 Å². The van der Waals surface area contributed by atoms with Crippen LogP contribution in [0.5, 0.6) is 0 Å². The minimum Gasteiger partial charge on any atom is -0.392 e. The Hall–Kier alpha value is -0.0400. The molecule has 1 atom stereocenters. The Bertz CT molecular complexity index is 114. The van der Waals surface area contributed by atoms with Gasteiger partial charge in [0.05, 0.1) is 6.10 Å². The summed E-state index contributed by atoms with van der Waals surface area (Å²) < 4.78 is 0. The fraction of sp³-hybridized carbons (Fsp3) is 1.00. The van der Waals surface area contributed by atoms with E-state index >= 15 is 0 Å². The normalized spacial score (nSPS) is 22.8. The molecule has 1 N–H and O–H groups in total. The van der Waals surface area contributed by atoms with Gasteiger partial charge >= 0.3 is 0 Å². The van der Waals surface area contributed by atoms with Gasteiger partial charge in [0.15, 0.2) is 0 Å². The minimum absolute atomic E-state index is 0.0579. The minimum atomic E-state index is -0.0579. The van der Waals surface area contributed by atoms with E-state index in [0.717, 1.165) is 6.42 Å². The van der Waals surface area contributed by atoms with E-state index in [4.69, 9.17) is 0 Å². The number of rotatable bonds is 3. The molecule has 1 unspecified atom stereocenters. The van der Waals surface area contributed by atoms with Crippen LogP contribution < -0.4 is 0 Å². The van der Waals surface area contributed by atoms with Gasteiger partial charge < -0.3 is 5.11 Å². The van der Waals surface area contributed by atoms with Crippen LogP contribution >= 0.6 is 0 Å². The Labute approximate surface area is 63.4 Å². The van der Waals surface area contributed by atoms with E-state index < -0.39 is 0 Å². The molecule has 1 aliphatic carbocycles. The molecule has 0 amide bonds. The van der Waals surface area contributed by atoms with Crippen molar-refractivity contribution in [1.82, 2.24) is 0 Å². The molecular formula is C9H18O. The van der Waals surface area contributed by atoms with Crippen LogP contribution in [0.2, 0.25) is 0 Å². The van der Waals surface area contributed by atoms with Crippen molar-refractivity contribution in [3.63, 3.8) is 0 Å². The first kappa shape index (κ1) is 8.06. The van der Waals surface area contributed by atoms with Gasteiger partial charge in [-0.25, -0.2) is 0 Å². The van der Waals surface area contributed by atoms with Gasteiger partial charge in [-0.15, -0.1) is 0 Å². The quantitative estimate of drug-likeness (QED) is 0.640. The Kier molecular flexibility index (Phi) is 2.04. The molecule has 1 fully saturated rings. The van der Waals surface area contributed by atoms with Gasteiger partial charge in [0, 0.05) is 0 Å². The molecular weight excluding hydrogens is 124 g/mol. The summed E-state index contributed by atoms with van der Waals surface area (Å²) in [6, 6.07) is 0. The molecule has 10 heavy (non-hydrogen) atoms. The highest BCUT2D eigenvalue weighted by atomic mass is 16.3. The van der Waals surface area contributed by atoms with E-state index in [2.05, 4.69) is 20.8 Å². The molecule has 0 aliphatic heterocycles. The summed E-state index contributed by atoms with van der Waals surface area (Å²) in [7, 11) is 0. The average Bonchev–Trinajstić information content (AvgIpc) is 2.68. The zero-order valence-electron chi connectivity index (χ0n) is 7.22. The van der Waals surface area contributed by atoms with E-state index in [-0.39, 0.29) is 11.5 Å². The van der Waals surface area contributed by atoms with E-state index in [1.165, 1.54) is 12.8 Å². The summed E-state index contributed by atoms with van der Waals surface area (Å²) in [5.41, 5.74) is 0.140. The fourth-order valence-corrected chi connectivity index (χ4v) is 1.26. The lowest BCUT2D eigenvalue weighted by Gasteiger charge is -2.29. The summed E-state index contributed by atoms with van der Waals surface area (Å²) >= 11 is 0. The maximum atomic E-state index is 9.72. The second-order valence-corrected chi connectivity index (χ2v) is 4.12. The Morgan fingerprint density at radius 3 is 2.30 bits per heavy atom. The van der Waals surface area contributed by atoms with Crippen LogP contribution in [-0.2, 0) is 0 Å². The van der Waals surface area contributed by atoms with Crippen LogP contribution in [0.4, 0.5) is 0 Å². The Balaban J connectivity index is 2.43. The van der Waals surface area contributed by atoms with Crippen LogP contribution in [0, 0.1) is 11.3 Å². The van der Waals surface area contributed by atoms with Crippen molar-refractivity contribution in [2.45, 2.75) is 46.1 Å². The average molecular weight is 142 g/mol. The number of hydrogen-bond acceptors (Lipinski definition) is 1. The van der Waals surface area contributed by atoms with Crippen molar-refractivity contribution in [3.05, 3.63) is 0 Å². The third-order valence-corrected chi connectivity index (χ3v) is 2.78. The summed E-state index contributed by atoms with van der Waals surface area (Å²) in [6.07, 6.45) is 3.50. The van der Waals surface area contributed by atoms with Gasteiger partial charge in [0.2, 0.25) is 0 Å². The van der Waals surface area contributed by atoms with Crippen molar-refractivity contribution in [1.29, 1.82) is 0 Å². The highest BCUT2D eigenvalue weighted by molar-refractivity contribution is 4.89. The lowest BCUT2D eigenvalue weighted by molar-refractivity contribution is 0.0294. The van der Waals surface area contributed by atoms with Gasteiger partial charge in [-0.3, -0.25) is 0 Å². The van der Waals surface area contributed by atoms with Crippen molar-refractivity contribution in [3.8, 4) is 0 Å². The predicted molar refractivity (Wildman–Crippen MR) is 42.8 cm³/mol. The van der Waals surface area contributed by atoms with Crippen LogP contribution in [0.25, 0.3) is 0 Å². The third kappa shape index (κ3) is 1.51. The van der Waals surface area contributed by atoms with Crippen molar-refractivity contribution in [2.24, 2.45) is 11.3 Å². The van der Waals surface area contributed by atoms with Gasteiger partial charge in [-0.05, 0) is 30.6 Å². The molecule has 1 aliphatic rings. The summed E-state index contributed by atoms with van der Waals surface area (Å²) in [4.78, 5) is 0. The lowest BCUT2D eigenvalue weighted by Crippen LogP contribution is -2.30.